The number of rotatable bonds is 4. The highest BCUT2D eigenvalue weighted by Gasteiger charge is 2.20. The van der Waals surface area contributed by atoms with Gasteiger partial charge in [-0.05, 0) is 44.9 Å². The molecule has 0 saturated heterocycles. The number of carbonyl (C=O) groups is 1. The second kappa shape index (κ2) is 7.16. The van der Waals surface area contributed by atoms with Crippen LogP contribution in [0.2, 0.25) is 10.0 Å². The van der Waals surface area contributed by atoms with Gasteiger partial charge in [0, 0.05) is 6.61 Å². The lowest BCUT2D eigenvalue weighted by molar-refractivity contribution is 0.0496. The molecule has 0 unspecified atom stereocenters. The molecule has 4 nitrogen and oxygen atoms in total. The van der Waals surface area contributed by atoms with E-state index in [1.165, 1.54) is 0 Å². The van der Waals surface area contributed by atoms with E-state index in [0.29, 0.717) is 16.5 Å². The van der Waals surface area contributed by atoms with Crippen LogP contribution in [0.15, 0.2) is 18.2 Å². The fraction of sp³-hybridized carbons (Fsp3) is 0.500. The molecule has 0 bridgehead atoms. The summed E-state index contributed by atoms with van der Waals surface area (Å²) in [6.07, 6.45) is -0.181. The molecule has 20 heavy (non-hydrogen) atoms. The number of aliphatic hydroxyl groups is 1. The van der Waals surface area contributed by atoms with Gasteiger partial charge in [0.2, 0.25) is 0 Å². The van der Waals surface area contributed by atoms with Gasteiger partial charge in [0.05, 0.1) is 16.1 Å². The van der Waals surface area contributed by atoms with Gasteiger partial charge in [0.1, 0.15) is 5.60 Å². The molecule has 0 heterocycles. The maximum atomic E-state index is 11.8. The number of ether oxygens (including phenoxy) is 1. The first-order valence-electron chi connectivity index (χ1n) is 6.28. The van der Waals surface area contributed by atoms with Crippen LogP contribution >= 0.6 is 23.2 Å². The molecular weight excluding hydrogens is 301 g/mol. The quantitative estimate of drug-likeness (QED) is 0.883. The van der Waals surface area contributed by atoms with Crippen LogP contribution < -0.4 is 5.32 Å². The fourth-order valence-electron chi connectivity index (χ4n) is 1.63. The Morgan fingerprint density at radius 3 is 2.50 bits per heavy atom. The summed E-state index contributed by atoms with van der Waals surface area (Å²) in [5.41, 5.74) is 0.185. The standard InChI is InChI=1S/C14H19Cl2NO3/c1-14(2,3)20-13(19)17-12(6-7-18)9-4-5-10(15)11(16)8-9/h4-5,8,12,18H,6-7H2,1-3H3,(H,17,19)/t12-/m0/s1. The van der Waals surface area contributed by atoms with E-state index in [-0.39, 0.29) is 12.6 Å². The molecule has 0 aliphatic rings. The number of hydrogen-bond acceptors (Lipinski definition) is 3. The summed E-state index contributed by atoms with van der Waals surface area (Å²) in [7, 11) is 0. The van der Waals surface area contributed by atoms with Crippen molar-refractivity contribution < 1.29 is 14.6 Å². The van der Waals surface area contributed by atoms with E-state index in [0.717, 1.165) is 5.56 Å². The Kier molecular flexibility index (Phi) is 6.11. The van der Waals surface area contributed by atoms with Crippen molar-refractivity contribution in [2.45, 2.75) is 38.8 Å². The monoisotopic (exact) mass is 319 g/mol. The smallest absolute Gasteiger partial charge is 0.408 e. The van der Waals surface area contributed by atoms with Gasteiger partial charge < -0.3 is 15.2 Å². The first-order valence-corrected chi connectivity index (χ1v) is 7.04. The molecule has 1 rings (SSSR count). The number of carbonyl (C=O) groups excluding carboxylic acids is 1. The first-order chi connectivity index (χ1) is 9.23. The van der Waals surface area contributed by atoms with Gasteiger partial charge in [-0.3, -0.25) is 0 Å². The molecule has 0 saturated carbocycles. The molecule has 1 aromatic rings. The van der Waals surface area contributed by atoms with E-state index in [1.54, 1.807) is 39.0 Å². The molecule has 6 heteroatoms. The Labute approximate surface area is 129 Å². The minimum absolute atomic E-state index is 0.0687. The number of amides is 1. The molecular formula is C14H19Cl2NO3. The van der Waals surface area contributed by atoms with E-state index in [1.807, 2.05) is 0 Å². The molecule has 2 N–H and O–H groups in total. The number of halogens is 2. The normalized spacial score (nSPS) is 12.9. The Balaban J connectivity index is 2.83. The van der Waals surface area contributed by atoms with Crippen molar-refractivity contribution >= 4 is 29.3 Å². The lowest BCUT2D eigenvalue weighted by Gasteiger charge is -2.23. The van der Waals surface area contributed by atoms with Gasteiger partial charge in [0.25, 0.3) is 0 Å². The zero-order valence-corrected chi connectivity index (χ0v) is 13.3. The minimum Gasteiger partial charge on any atom is -0.444 e. The van der Waals surface area contributed by atoms with Crippen LogP contribution in [-0.2, 0) is 4.74 Å². The molecule has 0 aliphatic carbocycles. The number of benzene rings is 1. The van der Waals surface area contributed by atoms with E-state index in [4.69, 9.17) is 33.0 Å². The molecule has 0 radical (unpaired) electrons. The van der Waals surface area contributed by atoms with Crippen molar-refractivity contribution in [3.63, 3.8) is 0 Å². The number of hydrogen-bond donors (Lipinski definition) is 2. The molecule has 1 amide bonds. The van der Waals surface area contributed by atoms with E-state index >= 15 is 0 Å². The van der Waals surface area contributed by atoms with Crippen LogP contribution in [0.5, 0.6) is 0 Å². The van der Waals surface area contributed by atoms with Gasteiger partial charge in [0.15, 0.2) is 0 Å². The van der Waals surface area contributed by atoms with Gasteiger partial charge in [-0.2, -0.15) is 0 Å². The molecule has 0 aromatic heterocycles. The Bertz CT molecular complexity index is 472. The summed E-state index contributed by atoms with van der Waals surface area (Å²) in [5, 5.41) is 12.7. The summed E-state index contributed by atoms with van der Waals surface area (Å²) >= 11 is 11.8. The lowest BCUT2D eigenvalue weighted by Crippen LogP contribution is -2.35. The Morgan fingerprint density at radius 1 is 1.35 bits per heavy atom. The SMILES string of the molecule is CC(C)(C)OC(=O)N[C@@H](CCO)c1ccc(Cl)c(Cl)c1. The number of nitrogens with one attached hydrogen (secondary N) is 1. The van der Waals surface area contributed by atoms with E-state index < -0.39 is 11.7 Å². The molecule has 0 spiro atoms. The predicted octanol–water partition coefficient (Wildman–Crippen LogP) is 3.94. The minimum atomic E-state index is -0.578. The van der Waals surface area contributed by atoms with Crippen LogP contribution in [-0.4, -0.2) is 23.4 Å². The van der Waals surface area contributed by atoms with E-state index in [2.05, 4.69) is 5.32 Å². The maximum absolute atomic E-state index is 11.8. The molecule has 0 aliphatic heterocycles. The average molecular weight is 320 g/mol. The molecule has 112 valence electrons. The van der Waals surface area contributed by atoms with Crippen LogP contribution in [0, 0.1) is 0 Å². The zero-order valence-electron chi connectivity index (χ0n) is 11.7. The van der Waals surface area contributed by atoms with Gasteiger partial charge in [-0.1, -0.05) is 29.3 Å². The summed E-state index contributed by atoms with van der Waals surface area (Å²) < 4.78 is 5.20. The summed E-state index contributed by atoms with van der Waals surface area (Å²) in [5.74, 6) is 0. The number of aliphatic hydroxyl groups excluding tert-OH is 1. The zero-order chi connectivity index (χ0) is 15.3. The van der Waals surface area contributed by atoms with Crippen LogP contribution in [0.1, 0.15) is 38.8 Å². The van der Waals surface area contributed by atoms with Crippen LogP contribution in [0.3, 0.4) is 0 Å². The second-order valence-corrected chi connectivity index (χ2v) is 6.20. The van der Waals surface area contributed by atoms with Crippen molar-refractivity contribution in [1.29, 1.82) is 0 Å². The third-order valence-corrected chi connectivity index (χ3v) is 3.19. The van der Waals surface area contributed by atoms with Crippen LogP contribution in [0.4, 0.5) is 4.79 Å². The van der Waals surface area contributed by atoms with Crippen molar-refractivity contribution in [3.05, 3.63) is 33.8 Å². The lowest BCUT2D eigenvalue weighted by atomic mass is 10.0. The molecule has 0 fully saturated rings. The fourth-order valence-corrected chi connectivity index (χ4v) is 1.94. The Morgan fingerprint density at radius 2 is 2.00 bits per heavy atom. The molecule has 1 atom stereocenters. The average Bonchev–Trinajstić information content (AvgIpc) is 2.30. The van der Waals surface area contributed by atoms with Crippen molar-refractivity contribution in [2.75, 3.05) is 6.61 Å². The van der Waals surface area contributed by atoms with E-state index in [9.17, 15) is 4.79 Å². The third-order valence-electron chi connectivity index (χ3n) is 2.45. The van der Waals surface area contributed by atoms with Crippen molar-refractivity contribution in [2.24, 2.45) is 0 Å². The number of alkyl carbamates (subject to hydrolysis) is 1. The first kappa shape index (κ1) is 17.1. The van der Waals surface area contributed by atoms with Crippen LogP contribution in [0.25, 0.3) is 0 Å². The van der Waals surface area contributed by atoms with Crippen molar-refractivity contribution in [3.8, 4) is 0 Å². The van der Waals surface area contributed by atoms with Crippen molar-refractivity contribution in [1.82, 2.24) is 5.32 Å². The predicted molar refractivity (Wildman–Crippen MR) is 80.3 cm³/mol. The summed E-state index contributed by atoms with van der Waals surface area (Å²) in [6, 6.07) is 4.69. The summed E-state index contributed by atoms with van der Waals surface area (Å²) in [6.45, 7) is 5.28. The van der Waals surface area contributed by atoms with Gasteiger partial charge >= 0.3 is 6.09 Å². The molecule has 1 aromatic carbocycles. The summed E-state index contributed by atoms with van der Waals surface area (Å²) in [4.78, 5) is 11.8. The topological polar surface area (TPSA) is 58.6 Å². The third kappa shape index (κ3) is 5.57. The Hall–Kier alpha value is -0.970. The highest BCUT2D eigenvalue weighted by molar-refractivity contribution is 6.42. The second-order valence-electron chi connectivity index (χ2n) is 5.38. The van der Waals surface area contributed by atoms with Gasteiger partial charge in [-0.15, -0.1) is 0 Å². The highest BCUT2D eigenvalue weighted by Crippen LogP contribution is 2.27. The largest absolute Gasteiger partial charge is 0.444 e. The maximum Gasteiger partial charge on any atom is 0.408 e. The van der Waals surface area contributed by atoms with Gasteiger partial charge in [-0.25, -0.2) is 4.79 Å². The highest BCUT2D eigenvalue weighted by atomic mass is 35.5.